The first-order valence-corrected chi connectivity index (χ1v) is 9.25. The quantitative estimate of drug-likeness (QED) is 0.320. The smallest absolute Gasteiger partial charge is 1.00 e. The number of allylic oxidation sites excluding steroid dienone is 4. The van der Waals surface area contributed by atoms with E-state index < -0.39 is 0 Å². The summed E-state index contributed by atoms with van der Waals surface area (Å²) in [7, 11) is 0. The van der Waals surface area contributed by atoms with Crippen molar-refractivity contribution in [1.82, 2.24) is 4.57 Å². The van der Waals surface area contributed by atoms with E-state index in [-0.39, 0.29) is 50.7 Å². The summed E-state index contributed by atoms with van der Waals surface area (Å²) in [5.74, 6) is 0. The topological polar surface area (TPSA) is 4.93 Å². The predicted molar refractivity (Wildman–Crippen MR) is 108 cm³/mol. The van der Waals surface area contributed by atoms with Crippen molar-refractivity contribution in [3.63, 3.8) is 0 Å². The summed E-state index contributed by atoms with van der Waals surface area (Å²) in [4.78, 5) is 0. The maximum absolute atomic E-state index is 3.30. The van der Waals surface area contributed by atoms with Crippen molar-refractivity contribution < 1.29 is 50.7 Å². The Hall–Kier alpha value is -0.960. The second-order valence-corrected chi connectivity index (χ2v) is 6.78. The molecule has 0 aliphatic heterocycles. The summed E-state index contributed by atoms with van der Waals surface area (Å²) in [6.07, 6.45) is 14.7. The summed E-state index contributed by atoms with van der Waals surface area (Å²) in [6.45, 7) is 6.50. The van der Waals surface area contributed by atoms with Gasteiger partial charge in [-0.25, -0.2) is 11.6 Å². The predicted octanol–water partition coefficient (Wildman–Crippen LogP) is 0.838. The number of aryl methyl sites for hydroxylation is 2. The molecule has 146 valence electrons. The summed E-state index contributed by atoms with van der Waals surface area (Å²) < 4.78 is 2.25. The molecule has 1 aliphatic rings. The van der Waals surface area contributed by atoms with Crippen LogP contribution in [0.3, 0.4) is 0 Å². The van der Waals surface area contributed by atoms with Crippen molar-refractivity contribution in [2.24, 2.45) is 0 Å². The minimum atomic E-state index is 0. The van der Waals surface area contributed by atoms with E-state index in [1.54, 1.807) is 0 Å². The Morgan fingerprint density at radius 3 is 2.43 bits per heavy atom. The van der Waals surface area contributed by atoms with Gasteiger partial charge in [0.2, 0.25) is 0 Å². The molecule has 3 aromatic rings. The van der Waals surface area contributed by atoms with Crippen LogP contribution in [0.5, 0.6) is 0 Å². The van der Waals surface area contributed by atoms with Gasteiger partial charge in [-0.3, -0.25) is 6.08 Å². The molecular weight excluding hydrogens is 552 g/mol. The van der Waals surface area contributed by atoms with Crippen molar-refractivity contribution >= 4 is 10.8 Å². The number of rotatable bonds is 4. The van der Waals surface area contributed by atoms with Gasteiger partial charge in [-0.15, -0.1) is 47.5 Å². The number of nitrogens with zero attached hydrogens (tertiary/aromatic N) is 1. The molecule has 28 heavy (non-hydrogen) atoms. The van der Waals surface area contributed by atoms with Gasteiger partial charge < -0.3 is 29.4 Å². The molecule has 4 heteroatoms. The van der Waals surface area contributed by atoms with E-state index in [9.17, 15) is 0 Å². The number of hydrogen-bond acceptors (Lipinski definition) is 0. The molecule has 0 amide bonds. The van der Waals surface area contributed by atoms with Crippen LogP contribution in [0.1, 0.15) is 43.9 Å². The minimum absolute atomic E-state index is 0. The van der Waals surface area contributed by atoms with Crippen LogP contribution in [0.4, 0.5) is 0 Å². The molecule has 1 aromatic heterocycles. The number of hydrogen-bond donors (Lipinski definition) is 0. The second-order valence-electron chi connectivity index (χ2n) is 6.78. The van der Waals surface area contributed by atoms with Gasteiger partial charge in [-0.05, 0) is 31.2 Å². The first-order chi connectivity index (χ1) is 12.2. The standard InChI is InChI=1S/C15H14N.C9H13.2ClH.Hf/c1-11-7-12(2)16(10-11)15-8-13-5-3-4-6-14(13)9-15;1-2-3-6-9-7-4-5-8-9;;;/h3-10H,1-2H3;4,7H,2-3,5-6H2,1H3;2*1H;/q2*-1;;;+4/p-2. The van der Waals surface area contributed by atoms with Crippen LogP contribution < -0.4 is 24.8 Å². The van der Waals surface area contributed by atoms with Crippen LogP contribution in [-0.2, 0) is 25.8 Å². The molecule has 4 rings (SSSR count). The summed E-state index contributed by atoms with van der Waals surface area (Å²) >= 11 is 0. The Bertz CT molecular complexity index is 869. The second kappa shape index (κ2) is 13.3. The molecule has 1 aliphatic carbocycles. The first-order valence-electron chi connectivity index (χ1n) is 9.25. The normalized spacial score (nSPS) is 11.6. The fourth-order valence-electron chi connectivity index (χ4n) is 3.28. The third-order valence-corrected chi connectivity index (χ3v) is 4.60. The maximum Gasteiger partial charge on any atom is 4.00 e. The molecule has 0 saturated carbocycles. The Morgan fingerprint density at radius 1 is 1.11 bits per heavy atom. The van der Waals surface area contributed by atoms with Crippen molar-refractivity contribution in [2.75, 3.05) is 0 Å². The van der Waals surface area contributed by atoms with Gasteiger partial charge in [0.1, 0.15) is 0 Å². The van der Waals surface area contributed by atoms with E-state index in [0.717, 1.165) is 6.42 Å². The minimum Gasteiger partial charge on any atom is -1.00 e. The average Bonchev–Trinajstić information content (AvgIpc) is 3.32. The molecule has 0 spiro atoms. The van der Waals surface area contributed by atoms with Gasteiger partial charge in [-0.1, -0.05) is 32.3 Å². The van der Waals surface area contributed by atoms with Gasteiger partial charge in [0.15, 0.2) is 0 Å². The molecule has 0 N–H and O–H groups in total. The molecule has 0 fully saturated rings. The molecule has 0 saturated heterocycles. The summed E-state index contributed by atoms with van der Waals surface area (Å²) in [6, 6.07) is 15.2. The first kappa shape index (κ1) is 27.0. The van der Waals surface area contributed by atoms with E-state index in [0.29, 0.717) is 0 Å². The van der Waals surface area contributed by atoms with Crippen LogP contribution in [-0.4, -0.2) is 4.57 Å². The zero-order valence-corrected chi connectivity index (χ0v) is 21.9. The van der Waals surface area contributed by atoms with Gasteiger partial charge in [-0.2, -0.15) is 6.08 Å². The van der Waals surface area contributed by atoms with Crippen LogP contribution in [0.15, 0.2) is 66.4 Å². The number of halogens is 2. The Kier molecular flexibility index (Phi) is 12.8. The maximum atomic E-state index is 3.30. The van der Waals surface area contributed by atoms with Crippen molar-refractivity contribution in [2.45, 2.75) is 46.5 Å². The molecular formula is C24H27Cl2HfN. The van der Waals surface area contributed by atoms with Crippen LogP contribution >= 0.6 is 0 Å². The molecule has 2 aromatic carbocycles. The summed E-state index contributed by atoms with van der Waals surface area (Å²) in [5.41, 5.74) is 5.26. The number of fused-ring (bicyclic) bond motifs is 1. The molecule has 0 bridgehead atoms. The van der Waals surface area contributed by atoms with E-state index in [1.807, 2.05) is 0 Å². The molecule has 1 heterocycles. The molecule has 0 atom stereocenters. The van der Waals surface area contributed by atoms with Crippen LogP contribution in [0, 0.1) is 19.9 Å². The monoisotopic (exact) mass is 579 g/mol. The van der Waals surface area contributed by atoms with Crippen molar-refractivity contribution in [3.05, 3.63) is 83.7 Å². The number of benzene rings is 1. The van der Waals surface area contributed by atoms with E-state index in [4.69, 9.17) is 0 Å². The Balaban J connectivity index is 0.000000533. The van der Waals surface area contributed by atoms with Crippen molar-refractivity contribution in [1.29, 1.82) is 0 Å². The van der Waals surface area contributed by atoms with Crippen LogP contribution in [0.2, 0.25) is 0 Å². The molecule has 0 unspecified atom stereocenters. The zero-order valence-electron chi connectivity index (χ0n) is 16.8. The SMILES string of the molecule is CCCCC1=[C-]CC=C1.Cc1cc(C)n(-c2cc3ccccc3[cH-]2)c1.[Cl-].[Cl-].[Hf+4]. The number of aromatic nitrogens is 1. The van der Waals surface area contributed by atoms with E-state index in [1.165, 1.54) is 52.6 Å². The average molecular weight is 579 g/mol. The van der Waals surface area contributed by atoms with Gasteiger partial charge in [0.05, 0.1) is 0 Å². The third kappa shape index (κ3) is 7.13. The number of unbranched alkanes of at least 4 members (excludes halogenated alkanes) is 1. The molecule has 1 nitrogen and oxygen atoms in total. The summed E-state index contributed by atoms with van der Waals surface area (Å²) in [5, 5.41) is 2.62. The van der Waals surface area contributed by atoms with Crippen LogP contribution in [0.25, 0.3) is 16.5 Å². The fourth-order valence-corrected chi connectivity index (χ4v) is 3.28. The van der Waals surface area contributed by atoms with E-state index >= 15 is 0 Å². The largest absolute Gasteiger partial charge is 4.00 e. The van der Waals surface area contributed by atoms with Gasteiger partial charge >= 0.3 is 25.8 Å². The van der Waals surface area contributed by atoms with Gasteiger partial charge in [0.25, 0.3) is 0 Å². The fraction of sp³-hybridized carbons (Fsp3) is 0.292. The van der Waals surface area contributed by atoms with Gasteiger partial charge in [0, 0.05) is 11.9 Å². The van der Waals surface area contributed by atoms with E-state index in [2.05, 4.69) is 92.2 Å². The van der Waals surface area contributed by atoms with Crippen molar-refractivity contribution in [3.8, 4) is 5.69 Å². The zero-order chi connectivity index (χ0) is 17.6. The Labute approximate surface area is 200 Å². The molecule has 0 radical (unpaired) electrons. The Morgan fingerprint density at radius 2 is 1.86 bits per heavy atom. The third-order valence-electron chi connectivity index (χ3n) is 4.60.